The molecule has 1 aliphatic carbocycles. The molecule has 1 unspecified atom stereocenters. The van der Waals surface area contributed by atoms with E-state index in [0.29, 0.717) is 6.04 Å². The maximum atomic E-state index is 11.6. The lowest BCUT2D eigenvalue weighted by molar-refractivity contribution is -0.127. The van der Waals surface area contributed by atoms with Crippen LogP contribution in [0, 0.1) is 11.8 Å². The van der Waals surface area contributed by atoms with Gasteiger partial charge in [-0.25, -0.2) is 0 Å². The van der Waals surface area contributed by atoms with E-state index in [-0.39, 0.29) is 11.8 Å². The molecule has 0 bridgehead atoms. The molecule has 0 aromatic rings. The minimum atomic E-state index is 0.235. The second-order valence-corrected chi connectivity index (χ2v) is 4.70. The molecule has 1 aliphatic heterocycles. The van der Waals surface area contributed by atoms with Gasteiger partial charge in [0, 0.05) is 19.1 Å². The van der Waals surface area contributed by atoms with Gasteiger partial charge in [-0.15, -0.1) is 0 Å². The van der Waals surface area contributed by atoms with Crippen LogP contribution in [0.2, 0.25) is 0 Å². The molecule has 1 saturated carbocycles. The van der Waals surface area contributed by atoms with Gasteiger partial charge in [0.05, 0.1) is 5.92 Å². The maximum absolute atomic E-state index is 11.6. The predicted octanol–water partition coefficient (Wildman–Crippen LogP) is 0.901. The van der Waals surface area contributed by atoms with Gasteiger partial charge in [-0.2, -0.15) is 0 Å². The van der Waals surface area contributed by atoms with Gasteiger partial charge in [0.25, 0.3) is 0 Å². The van der Waals surface area contributed by atoms with E-state index in [1.165, 1.54) is 25.7 Å². The fraction of sp³-hybridized carbons (Fsp3) is 0.909. The molecule has 1 saturated heterocycles. The molecule has 2 aliphatic rings. The van der Waals surface area contributed by atoms with Crippen LogP contribution < -0.4 is 10.6 Å². The van der Waals surface area contributed by atoms with Crippen molar-refractivity contribution in [3.8, 4) is 0 Å². The van der Waals surface area contributed by atoms with Gasteiger partial charge >= 0.3 is 0 Å². The zero-order valence-corrected chi connectivity index (χ0v) is 8.88. The normalized spacial score (nSPS) is 25.8. The average Bonchev–Trinajstić information content (AvgIpc) is 2.51. The Balaban J connectivity index is 1.74. The van der Waals surface area contributed by atoms with E-state index in [4.69, 9.17) is 0 Å². The summed E-state index contributed by atoms with van der Waals surface area (Å²) in [5.41, 5.74) is 0. The summed E-state index contributed by atoms with van der Waals surface area (Å²) in [6.45, 7) is 3.88. The maximum Gasteiger partial charge on any atom is 0.225 e. The van der Waals surface area contributed by atoms with Crippen LogP contribution in [0.4, 0.5) is 0 Å². The molecule has 1 heterocycles. The Bertz CT molecular complexity index is 207. The number of nitrogens with one attached hydrogen (secondary N) is 2. The van der Waals surface area contributed by atoms with Crippen LogP contribution in [0.5, 0.6) is 0 Å². The fourth-order valence-corrected chi connectivity index (χ4v) is 2.39. The number of carbonyl (C=O) groups excluding carboxylic acids is 1. The third-order valence-corrected chi connectivity index (χ3v) is 3.63. The Hall–Kier alpha value is -0.570. The molecule has 2 fully saturated rings. The number of amides is 1. The highest BCUT2D eigenvalue weighted by Crippen LogP contribution is 2.27. The Morgan fingerprint density at radius 2 is 2.00 bits per heavy atom. The average molecular weight is 196 g/mol. The van der Waals surface area contributed by atoms with Gasteiger partial charge in [-0.3, -0.25) is 4.79 Å². The molecule has 80 valence electrons. The SMILES string of the molecule is CC(NC(=O)C1CNC1)C1CCCC1. The van der Waals surface area contributed by atoms with Gasteiger partial charge in [0.2, 0.25) is 5.91 Å². The summed E-state index contributed by atoms with van der Waals surface area (Å²) < 4.78 is 0. The molecular formula is C11H20N2O. The van der Waals surface area contributed by atoms with Gasteiger partial charge < -0.3 is 10.6 Å². The molecule has 0 aromatic carbocycles. The van der Waals surface area contributed by atoms with Crippen molar-refractivity contribution < 1.29 is 4.79 Å². The van der Waals surface area contributed by atoms with E-state index >= 15 is 0 Å². The second kappa shape index (κ2) is 4.30. The lowest BCUT2D eigenvalue weighted by atomic mass is 9.97. The summed E-state index contributed by atoms with van der Waals surface area (Å²) in [4.78, 5) is 11.6. The van der Waals surface area contributed by atoms with Gasteiger partial charge in [-0.1, -0.05) is 12.8 Å². The summed E-state index contributed by atoms with van der Waals surface area (Å²) in [6, 6.07) is 0.380. The Morgan fingerprint density at radius 1 is 1.36 bits per heavy atom. The monoisotopic (exact) mass is 196 g/mol. The van der Waals surface area contributed by atoms with Crippen LogP contribution in [0.15, 0.2) is 0 Å². The first kappa shape index (κ1) is 9.97. The van der Waals surface area contributed by atoms with Crippen molar-refractivity contribution >= 4 is 5.91 Å². The number of hydrogen-bond donors (Lipinski definition) is 2. The molecule has 2 rings (SSSR count). The van der Waals surface area contributed by atoms with E-state index < -0.39 is 0 Å². The molecule has 1 amide bonds. The van der Waals surface area contributed by atoms with Gasteiger partial charge in [0.15, 0.2) is 0 Å². The fourth-order valence-electron chi connectivity index (χ4n) is 2.39. The Kier molecular flexibility index (Phi) is 3.06. The second-order valence-electron chi connectivity index (χ2n) is 4.70. The molecule has 0 radical (unpaired) electrons. The lowest BCUT2D eigenvalue weighted by Gasteiger charge is -2.29. The van der Waals surface area contributed by atoms with E-state index in [1.807, 2.05) is 0 Å². The molecule has 1 atom stereocenters. The summed E-state index contributed by atoms with van der Waals surface area (Å²) in [5.74, 6) is 1.22. The van der Waals surface area contributed by atoms with E-state index in [0.717, 1.165) is 19.0 Å². The quantitative estimate of drug-likeness (QED) is 0.704. The highest BCUT2D eigenvalue weighted by Gasteiger charge is 2.28. The van der Waals surface area contributed by atoms with Crippen LogP contribution in [-0.2, 0) is 4.79 Å². The number of hydrogen-bond acceptors (Lipinski definition) is 2. The first-order valence-electron chi connectivity index (χ1n) is 5.78. The summed E-state index contributed by atoms with van der Waals surface area (Å²) in [7, 11) is 0. The molecule has 3 heteroatoms. The minimum Gasteiger partial charge on any atom is -0.353 e. The molecule has 14 heavy (non-hydrogen) atoms. The van der Waals surface area contributed by atoms with Crippen molar-refractivity contribution in [3.05, 3.63) is 0 Å². The summed E-state index contributed by atoms with van der Waals surface area (Å²) >= 11 is 0. The first-order valence-corrected chi connectivity index (χ1v) is 5.78. The van der Waals surface area contributed by atoms with Crippen LogP contribution in [0.25, 0.3) is 0 Å². The minimum absolute atomic E-state index is 0.235. The molecule has 0 spiro atoms. The lowest BCUT2D eigenvalue weighted by Crippen LogP contribution is -2.53. The molecule has 3 nitrogen and oxygen atoms in total. The first-order chi connectivity index (χ1) is 6.77. The highest BCUT2D eigenvalue weighted by molar-refractivity contribution is 5.80. The van der Waals surface area contributed by atoms with E-state index in [1.54, 1.807) is 0 Å². The largest absolute Gasteiger partial charge is 0.353 e. The standard InChI is InChI=1S/C11H20N2O/c1-8(9-4-2-3-5-9)13-11(14)10-6-12-7-10/h8-10,12H,2-7H2,1H3,(H,13,14). The Morgan fingerprint density at radius 3 is 2.50 bits per heavy atom. The van der Waals surface area contributed by atoms with Crippen molar-refractivity contribution in [1.82, 2.24) is 10.6 Å². The third-order valence-electron chi connectivity index (χ3n) is 3.63. The third kappa shape index (κ3) is 2.08. The van der Waals surface area contributed by atoms with Crippen molar-refractivity contribution in [2.75, 3.05) is 13.1 Å². The van der Waals surface area contributed by atoms with Crippen LogP contribution in [0.3, 0.4) is 0 Å². The summed E-state index contributed by atoms with van der Waals surface area (Å²) in [6.07, 6.45) is 5.28. The van der Waals surface area contributed by atoms with Crippen LogP contribution >= 0.6 is 0 Å². The number of rotatable bonds is 3. The van der Waals surface area contributed by atoms with E-state index in [9.17, 15) is 4.79 Å². The van der Waals surface area contributed by atoms with E-state index in [2.05, 4.69) is 17.6 Å². The van der Waals surface area contributed by atoms with Crippen molar-refractivity contribution in [2.24, 2.45) is 11.8 Å². The topological polar surface area (TPSA) is 41.1 Å². The van der Waals surface area contributed by atoms with Crippen LogP contribution in [0.1, 0.15) is 32.6 Å². The van der Waals surface area contributed by atoms with Gasteiger partial charge in [-0.05, 0) is 25.7 Å². The molecule has 0 aromatic heterocycles. The predicted molar refractivity (Wildman–Crippen MR) is 55.9 cm³/mol. The van der Waals surface area contributed by atoms with Crippen molar-refractivity contribution in [1.29, 1.82) is 0 Å². The smallest absolute Gasteiger partial charge is 0.225 e. The summed E-state index contributed by atoms with van der Waals surface area (Å²) in [5, 5.41) is 6.27. The zero-order chi connectivity index (χ0) is 9.97. The van der Waals surface area contributed by atoms with Crippen LogP contribution in [-0.4, -0.2) is 25.0 Å². The van der Waals surface area contributed by atoms with Crippen molar-refractivity contribution in [3.63, 3.8) is 0 Å². The Labute approximate surface area is 85.6 Å². The zero-order valence-electron chi connectivity index (χ0n) is 8.88. The van der Waals surface area contributed by atoms with Gasteiger partial charge in [0.1, 0.15) is 0 Å². The van der Waals surface area contributed by atoms with Crippen molar-refractivity contribution in [2.45, 2.75) is 38.6 Å². The molecule has 2 N–H and O–H groups in total. The highest BCUT2D eigenvalue weighted by atomic mass is 16.2. The molecular weight excluding hydrogens is 176 g/mol. The number of carbonyl (C=O) groups is 1.